The number of rotatable bonds is 6. The van der Waals surface area contributed by atoms with Crippen molar-refractivity contribution in [3.05, 3.63) is 75.6 Å². The molecule has 2 amide bonds. The summed E-state index contributed by atoms with van der Waals surface area (Å²) in [6.07, 6.45) is 0. The third-order valence-corrected chi connectivity index (χ3v) is 5.61. The van der Waals surface area contributed by atoms with E-state index in [-0.39, 0.29) is 11.8 Å². The van der Waals surface area contributed by atoms with Crippen LogP contribution in [-0.2, 0) is 17.9 Å². The Morgan fingerprint density at radius 3 is 2.38 bits per heavy atom. The highest BCUT2D eigenvalue weighted by atomic mass is 35.5. The van der Waals surface area contributed by atoms with E-state index in [9.17, 15) is 9.59 Å². The van der Waals surface area contributed by atoms with Gasteiger partial charge in [-0.3, -0.25) is 19.6 Å². The number of benzene rings is 2. The second-order valence-electron chi connectivity index (χ2n) is 7.93. The van der Waals surface area contributed by atoms with Gasteiger partial charge in [0.1, 0.15) is 0 Å². The van der Waals surface area contributed by atoms with E-state index in [2.05, 4.69) is 26.0 Å². The van der Waals surface area contributed by atoms with E-state index < -0.39 is 0 Å². The Morgan fingerprint density at radius 1 is 1.06 bits per heavy atom. The molecule has 1 aromatic heterocycles. The van der Waals surface area contributed by atoms with Gasteiger partial charge in [-0.25, -0.2) is 4.99 Å². The first kappa shape index (κ1) is 25.0. The molecule has 0 spiro atoms. The lowest BCUT2D eigenvalue weighted by Gasteiger charge is -2.14. The number of aliphatic imine (C=N–C) groups is 1. The van der Waals surface area contributed by atoms with E-state index in [1.165, 1.54) is 6.92 Å². The predicted molar refractivity (Wildman–Crippen MR) is 137 cm³/mol. The van der Waals surface area contributed by atoms with Gasteiger partial charge in [0.05, 0.1) is 12.2 Å². The summed E-state index contributed by atoms with van der Waals surface area (Å²) >= 11 is 6.18. The summed E-state index contributed by atoms with van der Waals surface area (Å²) in [4.78, 5) is 28.9. The maximum atomic E-state index is 13.0. The minimum atomic E-state index is -0.335. The number of carbonyl (C=O) groups excluding carboxylic acids is 2. The Morgan fingerprint density at radius 2 is 1.76 bits per heavy atom. The first-order valence-electron chi connectivity index (χ1n) is 11.0. The summed E-state index contributed by atoms with van der Waals surface area (Å²) < 4.78 is 1.93. The molecule has 3 aromatic rings. The van der Waals surface area contributed by atoms with E-state index in [0.29, 0.717) is 28.8 Å². The van der Waals surface area contributed by atoms with Gasteiger partial charge in [0.2, 0.25) is 11.9 Å². The molecule has 2 aromatic carbocycles. The average Bonchev–Trinajstić information content (AvgIpc) is 3.07. The molecule has 178 valence electrons. The zero-order valence-corrected chi connectivity index (χ0v) is 20.7. The molecule has 0 radical (unpaired) electrons. The Bertz CT molecular complexity index is 1230. The topological polar surface area (TPSA) is 100 Å². The number of hydrogen-bond donors (Lipinski definition) is 3. The number of nitrogens with one attached hydrogen (secondary N) is 3. The Labute approximate surface area is 204 Å². The van der Waals surface area contributed by atoms with Gasteiger partial charge in [0.25, 0.3) is 5.91 Å². The van der Waals surface area contributed by atoms with Gasteiger partial charge in [-0.15, -0.1) is 0 Å². The third-order valence-electron chi connectivity index (χ3n) is 5.38. The first-order chi connectivity index (χ1) is 16.2. The number of aromatic nitrogens is 2. The Balaban J connectivity index is 1.87. The van der Waals surface area contributed by atoms with E-state index >= 15 is 0 Å². The van der Waals surface area contributed by atoms with Crippen molar-refractivity contribution in [2.75, 3.05) is 10.6 Å². The van der Waals surface area contributed by atoms with E-state index in [1.807, 2.05) is 38.4 Å². The van der Waals surface area contributed by atoms with Crippen LogP contribution in [0.4, 0.5) is 11.4 Å². The number of aryl methyl sites for hydroxylation is 3. The van der Waals surface area contributed by atoms with Gasteiger partial charge in [0.15, 0.2) is 0 Å². The monoisotopic (exact) mass is 480 g/mol. The van der Waals surface area contributed by atoms with Crippen LogP contribution in [-0.4, -0.2) is 27.6 Å². The van der Waals surface area contributed by atoms with Crippen LogP contribution in [0, 0.1) is 20.8 Å². The molecule has 9 heteroatoms. The molecule has 0 unspecified atom stereocenters. The first-order valence-corrected chi connectivity index (χ1v) is 11.3. The van der Waals surface area contributed by atoms with Crippen LogP contribution in [0.1, 0.15) is 46.7 Å². The number of amides is 2. The molecule has 34 heavy (non-hydrogen) atoms. The summed E-state index contributed by atoms with van der Waals surface area (Å²) in [6.45, 7) is 10.5. The molecule has 0 aliphatic heterocycles. The van der Waals surface area contributed by atoms with Gasteiger partial charge in [-0.05, 0) is 69.7 Å². The van der Waals surface area contributed by atoms with Crippen LogP contribution >= 0.6 is 11.6 Å². The second-order valence-corrected chi connectivity index (χ2v) is 8.36. The lowest BCUT2D eigenvalue weighted by atomic mass is 10.2. The highest BCUT2D eigenvalue weighted by Gasteiger charge is 2.14. The summed E-state index contributed by atoms with van der Waals surface area (Å²) in [5.74, 6) is -0.216. The molecule has 1 heterocycles. The molecule has 0 saturated carbocycles. The van der Waals surface area contributed by atoms with Crippen LogP contribution in [0.25, 0.3) is 0 Å². The van der Waals surface area contributed by atoms with E-state index in [0.717, 1.165) is 34.7 Å². The summed E-state index contributed by atoms with van der Waals surface area (Å²) in [7, 11) is 0. The molecule has 3 rings (SSSR count). The zero-order valence-electron chi connectivity index (χ0n) is 20.0. The molecule has 0 aliphatic carbocycles. The van der Waals surface area contributed by atoms with Crippen molar-refractivity contribution < 1.29 is 9.59 Å². The van der Waals surface area contributed by atoms with Gasteiger partial charge >= 0.3 is 0 Å². The van der Waals surface area contributed by atoms with Gasteiger partial charge in [0, 0.05) is 46.7 Å². The quantitative estimate of drug-likeness (QED) is 0.347. The smallest absolute Gasteiger partial charge is 0.257 e. The van der Waals surface area contributed by atoms with Crippen LogP contribution in [0.15, 0.2) is 47.5 Å². The van der Waals surface area contributed by atoms with Gasteiger partial charge in [-0.2, -0.15) is 5.10 Å². The molecule has 0 saturated heterocycles. The van der Waals surface area contributed by atoms with Crippen molar-refractivity contribution in [1.82, 2.24) is 15.1 Å². The highest BCUT2D eigenvalue weighted by Crippen LogP contribution is 2.21. The maximum absolute atomic E-state index is 13.0. The molecule has 0 aliphatic rings. The fourth-order valence-corrected chi connectivity index (χ4v) is 3.66. The number of anilines is 2. The number of hydrogen-bond acceptors (Lipinski definition) is 4. The molecular weight excluding hydrogens is 452 g/mol. The summed E-state index contributed by atoms with van der Waals surface area (Å²) in [6, 6.07) is 12.1. The maximum Gasteiger partial charge on any atom is 0.257 e. The number of guanidine groups is 1. The largest absolute Gasteiger partial charge is 0.326 e. The molecule has 0 atom stereocenters. The van der Waals surface area contributed by atoms with Crippen molar-refractivity contribution in [2.24, 2.45) is 4.99 Å². The Hall–Kier alpha value is -3.65. The lowest BCUT2D eigenvalue weighted by Crippen LogP contribution is -2.36. The Kier molecular flexibility index (Phi) is 8.07. The lowest BCUT2D eigenvalue weighted by molar-refractivity contribution is -0.114. The molecule has 0 fully saturated rings. The van der Waals surface area contributed by atoms with Crippen LogP contribution in [0.2, 0.25) is 5.02 Å². The normalized spacial score (nSPS) is 11.3. The number of halogens is 1. The SMILES string of the molecule is CCn1nc(C)c(CN=C(NC(=O)c2ccc(NC(C)=O)cc2)Nc2cc(Cl)ccc2C)c1C. The molecule has 3 N–H and O–H groups in total. The number of carbonyl (C=O) groups is 2. The zero-order chi connectivity index (χ0) is 24.8. The van der Waals surface area contributed by atoms with Crippen molar-refractivity contribution >= 4 is 40.7 Å². The van der Waals surface area contributed by atoms with E-state index in [1.54, 1.807) is 36.4 Å². The van der Waals surface area contributed by atoms with Crippen molar-refractivity contribution in [2.45, 2.75) is 47.7 Å². The average molecular weight is 481 g/mol. The minimum Gasteiger partial charge on any atom is -0.326 e. The van der Waals surface area contributed by atoms with Crippen molar-refractivity contribution in [3.8, 4) is 0 Å². The second kappa shape index (κ2) is 11.0. The predicted octanol–water partition coefficient (Wildman–Crippen LogP) is 4.84. The summed E-state index contributed by atoms with van der Waals surface area (Å²) in [5.41, 5.74) is 5.70. The molecule has 8 nitrogen and oxygen atoms in total. The van der Waals surface area contributed by atoms with Crippen LogP contribution in [0.3, 0.4) is 0 Å². The van der Waals surface area contributed by atoms with Crippen LogP contribution < -0.4 is 16.0 Å². The van der Waals surface area contributed by atoms with Gasteiger partial charge in [-0.1, -0.05) is 17.7 Å². The van der Waals surface area contributed by atoms with E-state index in [4.69, 9.17) is 11.6 Å². The third kappa shape index (κ3) is 6.23. The fourth-order valence-electron chi connectivity index (χ4n) is 3.48. The highest BCUT2D eigenvalue weighted by molar-refractivity contribution is 6.31. The summed E-state index contributed by atoms with van der Waals surface area (Å²) in [5, 5.41) is 13.9. The van der Waals surface area contributed by atoms with Crippen molar-refractivity contribution in [1.29, 1.82) is 0 Å². The molecule has 0 bridgehead atoms. The minimum absolute atomic E-state index is 0.176. The number of nitrogens with zero attached hydrogens (tertiary/aromatic N) is 3. The standard InChI is InChI=1S/C25H29ClN6O2/c1-6-32-17(4)22(16(3)31-32)14-27-25(29-23-13-20(26)10-7-15(23)2)30-24(34)19-8-11-21(12-9-19)28-18(5)33/h7-13H,6,14H2,1-5H3,(H,28,33)(H2,27,29,30,34). The molecular formula is C25H29ClN6O2. The van der Waals surface area contributed by atoms with Crippen molar-refractivity contribution in [3.63, 3.8) is 0 Å². The fraction of sp³-hybridized carbons (Fsp3) is 0.280. The van der Waals surface area contributed by atoms with Gasteiger partial charge < -0.3 is 10.6 Å². The van der Waals surface area contributed by atoms with Crippen LogP contribution in [0.5, 0.6) is 0 Å².